The number of nitrogens with one attached hydrogen (secondary N) is 1. The normalized spacial score (nSPS) is 15.0. The molecule has 5 heteroatoms. The first kappa shape index (κ1) is 16.2. The Labute approximate surface area is 151 Å². The number of likely N-dealkylation sites (tertiary alicyclic amines) is 1. The predicted molar refractivity (Wildman–Crippen MR) is 99.0 cm³/mol. The average molecular weight is 345 g/mol. The molecule has 3 aromatic rings. The van der Waals surface area contributed by atoms with Crippen molar-refractivity contribution in [2.45, 2.75) is 18.8 Å². The number of nitriles is 1. The van der Waals surface area contributed by atoms with Gasteiger partial charge in [-0.1, -0.05) is 18.2 Å². The Morgan fingerprint density at radius 1 is 1.15 bits per heavy atom. The Kier molecular flexibility index (Phi) is 4.32. The zero-order chi connectivity index (χ0) is 17.9. The van der Waals surface area contributed by atoms with Gasteiger partial charge in [-0.05, 0) is 54.7 Å². The van der Waals surface area contributed by atoms with Gasteiger partial charge in [-0.15, -0.1) is 0 Å². The van der Waals surface area contributed by atoms with Crippen LogP contribution in [0.25, 0.3) is 10.9 Å². The molecule has 1 aliphatic heterocycles. The highest BCUT2D eigenvalue weighted by Gasteiger charge is 2.26. The molecule has 0 aliphatic carbocycles. The fraction of sp³-hybridized carbons (Fsp3) is 0.238. The third kappa shape index (κ3) is 3.14. The van der Waals surface area contributed by atoms with Crippen molar-refractivity contribution in [3.63, 3.8) is 0 Å². The molecule has 130 valence electrons. The van der Waals surface area contributed by atoms with E-state index in [1.54, 1.807) is 17.0 Å². The number of nitrogens with zero attached hydrogens (tertiary/aromatic N) is 2. The lowest BCUT2D eigenvalue weighted by molar-refractivity contribution is 0.139. The average Bonchev–Trinajstić information content (AvgIpc) is 3.12. The number of ether oxygens (including phenoxy) is 1. The zero-order valence-electron chi connectivity index (χ0n) is 14.3. The van der Waals surface area contributed by atoms with Gasteiger partial charge in [0.05, 0.1) is 11.6 Å². The monoisotopic (exact) mass is 345 g/mol. The van der Waals surface area contributed by atoms with Crippen molar-refractivity contribution >= 4 is 17.0 Å². The van der Waals surface area contributed by atoms with E-state index in [-0.39, 0.29) is 6.09 Å². The molecular weight excluding hydrogens is 326 g/mol. The number of amides is 1. The minimum Gasteiger partial charge on any atom is -0.410 e. The third-order valence-electron chi connectivity index (χ3n) is 4.98. The molecule has 0 saturated carbocycles. The van der Waals surface area contributed by atoms with Gasteiger partial charge >= 0.3 is 6.09 Å². The number of carbonyl (C=O) groups is 1. The number of carbonyl (C=O) groups excluding carboxylic acids is 1. The highest BCUT2D eigenvalue weighted by molar-refractivity contribution is 5.85. The summed E-state index contributed by atoms with van der Waals surface area (Å²) in [7, 11) is 0. The van der Waals surface area contributed by atoms with Crippen LogP contribution in [0, 0.1) is 11.3 Å². The summed E-state index contributed by atoms with van der Waals surface area (Å²) in [6, 6.07) is 17.1. The summed E-state index contributed by atoms with van der Waals surface area (Å²) in [6.45, 7) is 1.34. The van der Waals surface area contributed by atoms with Gasteiger partial charge in [-0.3, -0.25) is 0 Å². The summed E-state index contributed by atoms with van der Waals surface area (Å²) in [6.07, 6.45) is 3.51. The van der Waals surface area contributed by atoms with Gasteiger partial charge in [-0.2, -0.15) is 5.26 Å². The summed E-state index contributed by atoms with van der Waals surface area (Å²) in [4.78, 5) is 17.4. The maximum absolute atomic E-state index is 12.3. The van der Waals surface area contributed by atoms with Gasteiger partial charge in [0.25, 0.3) is 0 Å². The molecular formula is C21H19N3O2. The number of aromatic amines is 1. The first-order chi connectivity index (χ1) is 12.7. The van der Waals surface area contributed by atoms with E-state index < -0.39 is 0 Å². The number of fused-ring (bicyclic) bond motifs is 1. The lowest BCUT2D eigenvalue weighted by Crippen LogP contribution is -2.39. The first-order valence-corrected chi connectivity index (χ1v) is 8.77. The summed E-state index contributed by atoms with van der Waals surface area (Å²) < 4.78 is 5.43. The van der Waals surface area contributed by atoms with E-state index in [4.69, 9.17) is 10.00 Å². The number of hydrogen-bond acceptors (Lipinski definition) is 3. The van der Waals surface area contributed by atoms with Crippen LogP contribution in [0.3, 0.4) is 0 Å². The Hall–Kier alpha value is -3.26. The smallest absolute Gasteiger partial charge is 0.410 e. The van der Waals surface area contributed by atoms with Crippen molar-refractivity contribution in [2.75, 3.05) is 13.1 Å². The minimum absolute atomic E-state index is 0.291. The molecule has 1 saturated heterocycles. The van der Waals surface area contributed by atoms with Crippen LogP contribution in [0.1, 0.15) is 29.9 Å². The Balaban J connectivity index is 1.44. The fourth-order valence-corrected chi connectivity index (χ4v) is 3.58. The molecule has 0 radical (unpaired) electrons. The molecule has 2 heterocycles. The fourth-order valence-electron chi connectivity index (χ4n) is 3.58. The maximum atomic E-state index is 12.3. The van der Waals surface area contributed by atoms with Crippen molar-refractivity contribution in [1.82, 2.24) is 9.88 Å². The Morgan fingerprint density at radius 3 is 2.65 bits per heavy atom. The lowest BCUT2D eigenvalue weighted by atomic mass is 9.89. The van der Waals surface area contributed by atoms with Crippen molar-refractivity contribution in [2.24, 2.45) is 0 Å². The molecule has 0 atom stereocenters. The number of rotatable bonds is 2. The molecule has 1 aliphatic rings. The second-order valence-corrected chi connectivity index (χ2v) is 6.56. The van der Waals surface area contributed by atoms with Crippen LogP contribution in [0.2, 0.25) is 0 Å². The van der Waals surface area contributed by atoms with Crippen molar-refractivity contribution in [1.29, 1.82) is 5.26 Å². The van der Waals surface area contributed by atoms with E-state index in [0.29, 0.717) is 30.3 Å². The highest BCUT2D eigenvalue weighted by atomic mass is 16.6. The van der Waals surface area contributed by atoms with Crippen LogP contribution in [-0.4, -0.2) is 29.1 Å². The number of para-hydroxylation sites is 1. The van der Waals surface area contributed by atoms with E-state index in [0.717, 1.165) is 23.7 Å². The molecule has 26 heavy (non-hydrogen) atoms. The van der Waals surface area contributed by atoms with Crippen LogP contribution < -0.4 is 4.74 Å². The topological polar surface area (TPSA) is 69.1 Å². The second-order valence-electron chi connectivity index (χ2n) is 6.56. The van der Waals surface area contributed by atoms with E-state index in [2.05, 4.69) is 11.1 Å². The van der Waals surface area contributed by atoms with Gasteiger partial charge in [0, 0.05) is 30.2 Å². The molecule has 4 rings (SSSR count). The number of piperidine rings is 1. The van der Waals surface area contributed by atoms with Gasteiger partial charge in [0.1, 0.15) is 5.75 Å². The summed E-state index contributed by atoms with van der Waals surface area (Å²) >= 11 is 0. The molecule has 1 N–H and O–H groups in total. The second kappa shape index (κ2) is 6.93. The molecule has 5 nitrogen and oxygen atoms in total. The summed E-state index contributed by atoms with van der Waals surface area (Å²) in [5.74, 6) is 0.943. The predicted octanol–water partition coefficient (Wildman–Crippen LogP) is 4.42. The van der Waals surface area contributed by atoms with Crippen molar-refractivity contribution < 1.29 is 9.53 Å². The maximum Gasteiger partial charge on any atom is 0.415 e. The molecule has 1 aromatic heterocycles. The molecule has 2 aromatic carbocycles. The Bertz CT molecular complexity index is 964. The quantitative estimate of drug-likeness (QED) is 0.747. The van der Waals surface area contributed by atoms with Crippen molar-refractivity contribution in [3.8, 4) is 11.8 Å². The van der Waals surface area contributed by atoms with E-state index in [1.807, 2.05) is 42.6 Å². The van der Waals surface area contributed by atoms with Crippen molar-refractivity contribution in [3.05, 3.63) is 65.9 Å². The van der Waals surface area contributed by atoms with E-state index in [9.17, 15) is 4.79 Å². The van der Waals surface area contributed by atoms with Gasteiger partial charge in [0.2, 0.25) is 0 Å². The van der Waals surface area contributed by atoms with Crippen LogP contribution in [-0.2, 0) is 0 Å². The van der Waals surface area contributed by atoms with E-state index in [1.165, 1.54) is 5.56 Å². The SMILES string of the molecule is N#Cc1ccc2[nH]cc(C3CCN(C(=O)Oc4ccccc4)CC3)c2c1. The van der Waals surface area contributed by atoms with Crippen LogP contribution in [0.4, 0.5) is 4.79 Å². The zero-order valence-corrected chi connectivity index (χ0v) is 14.3. The molecule has 1 amide bonds. The number of hydrogen-bond donors (Lipinski definition) is 1. The molecule has 1 fully saturated rings. The number of aromatic nitrogens is 1. The van der Waals surface area contributed by atoms with Crippen LogP contribution >= 0.6 is 0 Å². The lowest BCUT2D eigenvalue weighted by Gasteiger charge is -2.31. The van der Waals surface area contributed by atoms with Crippen LogP contribution in [0.5, 0.6) is 5.75 Å². The number of H-pyrrole nitrogens is 1. The third-order valence-corrected chi connectivity index (χ3v) is 4.98. The molecule has 0 bridgehead atoms. The van der Waals surface area contributed by atoms with Gasteiger partial charge < -0.3 is 14.6 Å². The first-order valence-electron chi connectivity index (χ1n) is 8.77. The molecule has 0 unspecified atom stereocenters. The minimum atomic E-state index is -0.291. The highest BCUT2D eigenvalue weighted by Crippen LogP contribution is 2.33. The summed E-state index contributed by atoms with van der Waals surface area (Å²) in [5.41, 5.74) is 2.94. The van der Waals surface area contributed by atoms with E-state index >= 15 is 0 Å². The van der Waals surface area contributed by atoms with Gasteiger partial charge in [-0.25, -0.2) is 4.79 Å². The standard InChI is InChI=1S/C21H19N3O2/c22-13-15-6-7-20-18(12-15)19(14-23-20)16-8-10-24(11-9-16)21(25)26-17-4-2-1-3-5-17/h1-7,12,14,16,23H,8-11H2. The van der Waals surface area contributed by atoms with Gasteiger partial charge in [0.15, 0.2) is 0 Å². The van der Waals surface area contributed by atoms with Crippen LogP contribution in [0.15, 0.2) is 54.7 Å². The summed E-state index contributed by atoms with van der Waals surface area (Å²) in [5, 5.41) is 10.2. The molecule has 0 spiro atoms. The largest absolute Gasteiger partial charge is 0.415 e. The number of benzene rings is 2. The Morgan fingerprint density at radius 2 is 1.92 bits per heavy atom.